The summed E-state index contributed by atoms with van der Waals surface area (Å²) in [6.07, 6.45) is 0. The van der Waals surface area contributed by atoms with Crippen molar-refractivity contribution in [3.05, 3.63) is 191 Å². The molecule has 0 heterocycles. The molecule has 0 saturated heterocycles. The second-order valence-corrected chi connectivity index (χ2v) is 17.8. The van der Waals surface area contributed by atoms with Gasteiger partial charge in [-0.2, -0.15) is 0 Å². The molecule has 0 atom stereocenters. The summed E-state index contributed by atoms with van der Waals surface area (Å²) in [5.74, 6) is 0. The Morgan fingerprint density at radius 1 is 0.236 bits per heavy atom. The van der Waals surface area contributed by atoms with E-state index in [2.05, 4.69) is 199 Å². The van der Waals surface area contributed by atoms with E-state index in [0.717, 1.165) is 0 Å². The van der Waals surface area contributed by atoms with Crippen LogP contribution in [0.2, 0.25) is 0 Å². The SMILES string of the molecule is CC1(C)c2ccccc2-c2ccc(-c3ccc4c(c3)C(C)(C)c3cc(-c5ccc6cc(-c7ccc8c(c7)C(C)(C)c7ccccc7-8)ccc6c5)ccc3-4)cc21. The van der Waals surface area contributed by atoms with E-state index < -0.39 is 0 Å². The van der Waals surface area contributed by atoms with Crippen LogP contribution in [0.25, 0.3) is 77.5 Å². The van der Waals surface area contributed by atoms with E-state index in [1.54, 1.807) is 0 Å². The quantitative estimate of drug-likeness (QED) is 0.172. The number of hydrogen-bond acceptors (Lipinski definition) is 0. The Hall–Kier alpha value is -5.98. The third kappa shape index (κ3) is 4.52. The lowest BCUT2D eigenvalue weighted by atomic mass is 9.80. The van der Waals surface area contributed by atoms with E-state index in [0.29, 0.717) is 0 Å². The minimum atomic E-state index is -0.111. The highest BCUT2D eigenvalue weighted by Gasteiger charge is 2.38. The van der Waals surface area contributed by atoms with Gasteiger partial charge in [0.05, 0.1) is 0 Å². The first kappa shape index (κ1) is 32.5. The molecule has 55 heavy (non-hydrogen) atoms. The van der Waals surface area contributed by atoms with Gasteiger partial charge in [0.25, 0.3) is 0 Å². The molecule has 11 rings (SSSR count). The van der Waals surface area contributed by atoms with Crippen LogP contribution in [-0.2, 0) is 16.2 Å². The molecule has 0 aromatic heterocycles. The van der Waals surface area contributed by atoms with Gasteiger partial charge in [-0.15, -0.1) is 0 Å². The van der Waals surface area contributed by atoms with E-state index in [1.165, 1.54) is 111 Å². The van der Waals surface area contributed by atoms with E-state index in [1.807, 2.05) is 0 Å². The predicted molar refractivity (Wildman–Crippen MR) is 233 cm³/mol. The lowest BCUT2D eigenvalue weighted by molar-refractivity contribution is 0.659. The molecule has 3 aliphatic carbocycles. The molecule has 0 heteroatoms. The van der Waals surface area contributed by atoms with Crippen molar-refractivity contribution >= 4 is 10.8 Å². The Kier molecular flexibility index (Phi) is 6.52. The van der Waals surface area contributed by atoms with Crippen molar-refractivity contribution in [2.75, 3.05) is 0 Å². The smallest absolute Gasteiger partial charge is 0.0159 e. The van der Waals surface area contributed by atoms with Gasteiger partial charge in [0.2, 0.25) is 0 Å². The Morgan fingerprint density at radius 2 is 0.491 bits per heavy atom. The van der Waals surface area contributed by atoms with Crippen LogP contribution in [0.15, 0.2) is 158 Å². The van der Waals surface area contributed by atoms with Crippen molar-refractivity contribution in [1.29, 1.82) is 0 Å². The number of rotatable bonds is 3. The summed E-state index contributed by atoms with van der Waals surface area (Å²) in [5, 5.41) is 2.54. The van der Waals surface area contributed by atoms with Gasteiger partial charge >= 0.3 is 0 Å². The van der Waals surface area contributed by atoms with Crippen LogP contribution in [0.1, 0.15) is 74.9 Å². The first-order chi connectivity index (χ1) is 26.5. The molecule has 0 amide bonds. The highest BCUT2D eigenvalue weighted by atomic mass is 14.4. The lowest BCUT2D eigenvalue weighted by Crippen LogP contribution is -2.15. The molecule has 0 radical (unpaired) electrons. The van der Waals surface area contributed by atoms with Crippen LogP contribution >= 0.6 is 0 Å². The van der Waals surface area contributed by atoms with Crippen molar-refractivity contribution in [3.8, 4) is 66.8 Å². The highest BCUT2D eigenvalue weighted by molar-refractivity contribution is 5.93. The van der Waals surface area contributed by atoms with Gasteiger partial charge in [0.15, 0.2) is 0 Å². The Balaban J connectivity index is 0.903. The van der Waals surface area contributed by atoms with Gasteiger partial charge in [0.1, 0.15) is 0 Å². The van der Waals surface area contributed by atoms with Crippen LogP contribution in [0, 0.1) is 0 Å². The van der Waals surface area contributed by atoms with Gasteiger partial charge < -0.3 is 0 Å². The lowest BCUT2D eigenvalue weighted by Gasteiger charge is -2.23. The fourth-order valence-electron chi connectivity index (χ4n) is 10.5. The normalized spacial score (nSPS) is 15.9. The predicted octanol–water partition coefficient (Wildman–Crippen LogP) is 14.8. The molecule has 0 unspecified atom stereocenters. The summed E-state index contributed by atoms with van der Waals surface area (Å²) < 4.78 is 0. The van der Waals surface area contributed by atoms with E-state index in [-0.39, 0.29) is 16.2 Å². The summed E-state index contributed by atoms with van der Waals surface area (Å²) in [5.41, 5.74) is 24.2. The van der Waals surface area contributed by atoms with Gasteiger partial charge in [-0.25, -0.2) is 0 Å². The first-order valence-electron chi connectivity index (χ1n) is 19.8. The Bertz CT molecular complexity index is 2950. The molecule has 0 nitrogen and oxygen atoms in total. The summed E-state index contributed by atoms with van der Waals surface area (Å²) in [6, 6.07) is 60.1. The second kappa shape index (κ2) is 11.0. The standard InChI is InChI=1S/C55H44/c1-53(2)47-13-9-7-11-41(47)43-23-19-37(29-49(43)53)35-17-15-34-28-36(18-16-33(34)27-35)38-20-25-45-46-26-22-40(32-52(46)55(5,6)51(45)30-38)39-21-24-44-42-12-8-10-14-48(42)54(3,4)50(44)31-39/h7-32H,1-6H3. The zero-order chi connectivity index (χ0) is 37.4. The Labute approximate surface area is 325 Å². The molecular formula is C55H44. The molecule has 0 aliphatic heterocycles. The maximum Gasteiger partial charge on any atom is 0.0159 e. The number of hydrogen-bond donors (Lipinski definition) is 0. The monoisotopic (exact) mass is 704 g/mol. The maximum atomic E-state index is 2.46. The van der Waals surface area contributed by atoms with Gasteiger partial charge in [-0.1, -0.05) is 163 Å². The molecule has 0 spiro atoms. The molecular weight excluding hydrogens is 661 g/mol. The Morgan fingerprint density at radius 3 is 0.836 bits per heavy atom. The molecule has 0 saturated carbocycles. The van der Waals surface area contributed by atoms with Crippen LogP contribution < -0.4 is 0 Å². The van der Waals surface area contributed by atoms with Gasteiger partial charge in [-0.05, 0) is 147 Å². The maximum absolute atomic E-state index is 2.46. The third-order valence-corrected chi connectivity index (χ3v) is 13.7. The topological polar surface area (TPSA) is 0 Å². The van der Waals surface area contributed by atoms with Crippen LogP contribution in [0.5, 0.6) is 0 Å². The first-order valence-corrected chi connectivity index (χ1v) is 19.8. The molecule has 264 valence electrons. The van der Waals surface area contributed by atoms with E-state index in [9.17, 15) is 0 Å². The van der Waals surface area contributed by atoms with Crippen molar-refractivity contribution in [1.82, 2.24) is 0 Å². The molecule has 0 N–H and O–H groups in total. The molecule has 8 aromatic rings. The molecule has 0 bridgehead atoms. The molecule has 8 aromatic carbocycles. The van der Waals surface area contributed by atoms with Crippen LogP contribution in [-0.4, -0.2) is 0 Å². The van der Waals surface area contributed by atoms with Gasteiger partial charge in [0, 0.05) is 16.2 Å². The highest BCUT2D eigenvalue weighted by Crippen LogP contribution is 2.53. The van der Waals surface area contributed by atoms with Crippen molar-refractivity contribution in [3.63, 3.8) is 0 Å². The van der Waals surface area contributed by atoms with Crippen LogP contribution in [0.4, 0.5) is 0 Å². The average Bonchev–Trinajstić information content (AvgIpc) is 3.69. The summed E-state index contributed by atoms with van der Waals surface area (Å²) >= 11 is 0. The number of fused-ring (bicyclic) bond motifs is 10. The third-order valence-electron chi connectivity index (χ3n) is 13.7. The minimum Gasteiger partial charge on any atom is -0.0619 e. The number of benzene rings is 8. The largest absolute Gasteiger partial charge is 0.0619 e. The summed E-state index contributed by atoms with van der Waals surface area (Å²) in [6.45, 7) is 14.2. The van der Waals surface area contributed by atoms with Crippen molar-refractivity contribution in [2.24, 2.45) is 0 Å². The molecule has 3 aliphatic rings. The fourth-order valence-corrected chi connectivity index (χ4v) is 10.5. The summed E-state index contributed by atoms with van der Waals surface area (Å²) in [7, 11) is 0. The fraction of sp³-hybridized carbons (Fsp3) is 0.164. The average molecular weight is 705 g/mol. The van der Waals surface area contributed by atoms with E-state index >= 15 is 0 Å². The summed E-state index contributed by atoms with van der Waals surface area (Å²) in [4.78, 5) is 0. The zero-order valence-electron chi connectivity index (χ0n) is 32.5. The zero-order valence-corrected chi connectivity index (χ0v) is 32.5. The van der Waals surface area contributed by atoms with Crippen molar-refractivity contribution in [2.45, 2.75) is 57.8 Å². The second-order valence-electron chi connectivity index (χ2n) is 17.8. The molecule has 0 fully saturated rings. The van der Waals surface area contributed by atoms with Gasteiger partial charge in [-0.3, -0.25) is 0 Å². The minimum absolute atomic E-state index is 0.00504. The van der Waals surface area contributed by atoms with Crippen molar-refractivity contribution < 1.29 is 0 Å². The van der Waals surface area contributed by atoms with Crippen LogP contribution in [0.3, 0.4) is 0 Å². The van der Waals surface area contributed by atoms with E-state index in [4.69, 9.17) is 0 Å².